The van der Waals surface area contributed by atoms with Crippen LogP contribution >= 0.6 is 11.5 Å². The van der Waals surface area contributed by atoms with Crippen molar-refractivity contribution in [2.24, 2.45) is 5.92 Å². The quantitative estimate of drug-likeness (QED) is 0.707. The summed E-state index contributed by atoms with van der Waals surface area (Å²) >= 11 is 1.47. The third-order valence-corrected chi connectivity index (χ3v) is 8.75. The number of hydrogen-bond acceptors (Lipinski definition) is 7. The van der Waals surface area contributed by atoms with Crippen molar-refractivity contribution in [1.29, 1.82) is 0 Å². The molecule has 5 fully saturated rings. The number of piperidine rings is 3. The number of fused-ring (bicyclic) bond motifs is 6. The number of carbonyl (C=O) groups is 2. The molecule has 172 valence electrons. The number of rotatable bonds is 3. The molecule has 5 aliphatic rings. The number of amides is 1. The van der Waals surface area contributed by atoms with Gasteiger partial charge in [0, 0.05) is 55.9 Å². The van der Waals surface area contributed by atoms with Crippen LogP contribution in [0.5, 0.6) is 0 Å². The zero-order valence-corrected chi connectivity index (χ0v) is 19.5. The van der Waals surface area contributed by atoms with Crippen LogP contribution in [0.1, 0.15) is 29.8 Å². The second-order valence-electron chi connectivity index (χ2n) is 9.57. The van der Waals surface area contributed by atoms with Crippen molar-refractivity contribution < 1.29 is 14.7 Å². The highest BCUT2D eigenvalue weighted by Gasteiger charge is 2.42. The molecular weight excluding hydrogens is 426 g/mol. The smallest absolute Gasteiger partial charge is 0.290 e. The van der Waals surface area contributed by atoms with Gasteiger partial charge in [-0.25, -0.2) is 0 Å². The van der Waals surface area contributed by atoms with E-state index in [1.165, 1.54) is 49.6 Å². The Bertz CT molecular complexity index is 1000. The summed E-state index contributed by atoms with van der Waals surface area (Å²) in [5.74, 6) is 0.735. The molecule has 5 aliphatic heterocycles. The van der Waals surface area contributed by atoms with Crippen molar-refractivity contribution >= 4 is 39.7 Å². The molecule has 7 rings (SSSR count). The molecule has 3 atom stereocenters. The lowest BCUT2D eigenvalue weighted by Gasteiger charge is -2.47. The maximum atomic E-state index is 13.3. The molecule has 1 amide bonds. The van der Waals surface area contributed by atoms with E-state index in [9.17, 15) is 4.79 Å². The summed E-state index contributed by atoms with van der Waals surface area (Å²) in [6.45, 7) is 5.42. The molecule has 9 heteroatoms. The number of carboxylic acid groups (broad SMARTS) is 1. The van der Waals surface area contributed by atoms with E-state index in [1.54, 1.807) is 0 Å². The molecule has 32 heavy (non-hydrogen) atoms. The number of benzene rings is 1. The first-order chi connectivity index (χ1) is 15.5. The molecule has 6 heterocycles. The molecule has 2 unspecified atom stereocenters. The molecule has 1 aromatic heterocycles. The maximum absolute atomic E-state index is 13.3. The lowest BCUT2D eigenvalue weighted by atomic mass is 9.83. The molecule has 1 aromatic carbocycles. The fourth-order valence-corrected chi connectivity index (χ4v) is 6.93. The van der Waals surface area contributed by atoms with E-state index < -0.39 is 0 Å². The van der Waals surface area contributed by atoms with Gasteiger partial charge in [-0.2, -0.15) is 4.37 Å². The van der Waals surface area contributed by atoms with E-state index in [-0.39, 0.29) is 12.4 Å². The second-order valence-corrected chi connectivity index (χ2v) is 10.4. The molecule has 2 aromatic rings. The highest BCUT2D eigenvalue weighted by molar-refractivity contribution is 7.13. The third kappa shape index (κ3) is 3.66. The van der Waals surface area contributed by atoms with Crippen LogP contribution in [0.15, 0.2) is 18.2 Å². The van der Waals surface area contributed by atoms with E-state index in [0.29, 0.717) is 29.7 Å². The lowest BCUT2D eigenvalue weighted by molar-refractivity contribution is -0.122. The monoisotopic (exact) mass is 457 g/mol. The molecule has 8 nitrogen and oxygen atoms in total. The van der Waals surface area contributed by atoms with Gasteiger partial charge in [0.05, 0.1) is 4.70 Å². The van der Waals surface area contributed by atoms with E-state index in [0.717, 1.165) is 29.7 Å². The van der Waals surface area contributed by atoms with Gasteiger partial charge >= 0.3 is 0 Å². The predicted molar refractivity (Wildman–Crippen MR) is 126 cm³/mol. The van der Waals surface area contributed by atoms with E-state index >= 15 is 0 Å². The first-order valence-electron chi connectivity index (χ1n) is 11.4. The van der Waals surface area contributed by atoms with Crippen LogP contribution in [-0.4, -0.2) is 102 Å². The highest BCUT2D eigenvalue weighted by Crippen LogP contribution is 2.37. The van der Waals surface area contributed by atoms with Crippen molar-refractivity contribution in [3.8, 4) is 0 Å². The highest BCUT2D eigenvalue weighted by atomic mass is 32.1. The van der Waals surface area contributed by atoms with Gasteiger partial charge < -0.3 is 19.8 Å². The lowest BCUT2D eigenvalue weighted by Crippen LogP contribution is -2.57. The Kier molecular flexibility index (Phi) is 5.81. The number of anilines is 1. The Hall–Kier alpha value is -2.23. The van der Waals surface area contributed by atoms with Crippen LogP contribution in [0.25, 0.3) is 10.1 Å². The van der Waals surface area contributed by atoms with Crippen LogP contribution in [-0.2, 0) is 4.79 Å². The number of likely N-dealkylation sites (N-methyl/N-ethyl adjacent to an activating group) is 2. The Morgan fingerprint density at radius 1 is 1.22 bits per heavy atom. The van der Waals surface area contributed by atoms with Gasteiger partial charge in [0.15, 0.2) is 0 Å². The normalized spacial score (nSPS) is 30.9. The SMILES string of the molecule is CN1CC2CC1CN2c1ccc2c(C(=O)N(C)[C@@H]3CN4CCC3CC4)nsc2c1.O=CO. The first kappa shape index (κ1) is 21.6. The average molecular weight is 458 g/mol. The summed E-state index contributed by atoms with van der Waals surface area (Å²) in [6, 6.07) is 8.21. The summed E-state index contributed by atoms with van der Waals surface area (Å²) in [5.41, 5.74) is 1.92. The number of piperazine rings is 1. The average Bonchev–Trinajstić information content (AvgIpc) is 3.52. The number of aromatic nitrogens is 1. The van der Waals surface area contributed by atoms with Crippen LogP contribution in [0.4, 0.5) is 5.69 Å². The van der Waals surface area contributed by atoms with Crippen molar-refractivity contribution in [2.75, 3.05) is 51.7 Å². The second kappa shape index (κ2) is 8.61. The number of carbonyl (C=O) groups excluding carboxylic acids is 1. The molecule has 0 aliphatic carbocycles. The fourth-order valence-electron chi connectivity index (χ4n) is 6.13. The summed E-state index contributed by atoms with van der Waals surface area (Å²) in [4.78, 5) is 31.2. The number of likely N-dealkylation sites (tertiary alicyclic amines) is 1. The Morgan fingerprint density at radius 2 is 1.97 bits per heavy atom. The number of nitrogens with zero attached hydrogens (tertiary/aromatic N) is 5. The summed E-state index contributed by atoms with van der Waals surface area (Å²) < 4.78 is 5.74. The Labute approximate surface area is 192 Å². The van der Waals surface area contributed by atoms with Gasteiger partial charge in [0.1, 0.15) is 5.69 Å². The van der Waals surface area contributed by atoms with Gasteiger partial charge in [0.2, 0.25) is 0 Å². The van der Waals surface area contributed by atoms with Gasteiger partial charge in [-0.1, -0.05) is 0 Å². The summed E-state index contributed by atoms with van der Waals surface area (Å²) in [5, 5.41) is 7.90. The molecule has 5 saturated heterocycles. The van der Waals surface area contributed by atoms with Gasteiger partial charge in [0.25, 0.3) is 12.4 Å². The van der Waals surface area contributed by atoms with Crippen molar-refractivity contribution in [2.45, 2.75) is 37.4 Å². The first-order valence-corrected chi connectivity index (χ1v) is 12.2. The molecule has 1 N–H and O–H groups in total. The Morgan fingerprint density at radius 3 is 2.56 bits per heavy atom. The maximum Gasteiger partial charge on any atom is 0.290 e. The standard InChI is InChI=1S/C22H29N5OS.CH2O2/c1-24-11-17-9-16(24)12-27(17)15-3-4-18-20(10-15)29-23-21(18)22(28)25(2)19-13-26-7-5-14(19)6-8-26;2-1-3/h3-4,10,14,16-17,19H,5-9,11-13H2,1-2H3;1H,(H,2,3)/t16?,17?,19-;/m1./s1. The molecule has 4 bridgehead atoms. The minimum atomic E-state index is -0.250. The molecule has 0 spiro atoms. The minimum Gasteiger partial charge on any atom is -0.483 e. The van der Waals surface area contributed by atoms with Crippen LogP contribution < -0.4 is 4.90 Å². The zero-order chi connectivity index (χ0) is 22.4. The van der Waals surface area contributed by atoms with Crippen LogP contribution in [0.3, 0.4) is 0 Å². The fraction of sp³-hybridized carbons (Fsp3) is 0.609. The Balaban J connectivity index is 0.000000684. The third-order valence-electron chi connectivity index (χ3n) is 7.94. The van der Waals surface area contributed by atoms with Crippen LogP contribution in [0, 0.1) is 5.92 Å². The summed E-state index contributed by atoms with van der Waals surface area (Å²) in [7, 11) is 4.21. The van der Waals surface area contributed by atoms with E-state index in [2.05, 4.69) is 44.3 Å². The molecule has 0 radical (unpaired) electrons. The van der Waals surface area contributed by atoms with Crippen molar-refractivity contribution in [1.82, 2.24) is 19.1 Å². The van der Waals surface area contributed by atoms with Gasteiger partial charge in [-0.05, 0) is 75.0 Å². The summed E-state index contributed by atoms with van der Waals surface area (Å²) in [6.07, 6.45) is 3.71. The molecule has 0 saturated carbocycles. The number of hydrogen-bond donors (Lipinski definition) is 1. The molecular formula is C23H31N5O3S. The van der Waals surface area contributed by atoms with Gasteiger partial charge in [-0.3, -0.25) is 14.5 Å². The minimum absolute atomic E-state index is 0.0876. The van der Waals surface area contributed by atoms with E-state index in [1.807, 2.05) is 11.9 Å². The van der Waals surface area contributed by atoms with Gasteiger partial charge in [-0.15, -0.1) is 0 Å². The van der Waals surface area contributed by atoms with Crippen molar-refractivity contribution in [3.05, 3.63) is 23.9 Å². The largest absolute Gasteiger partial charge is 0.483 e. The topological polar surface area (TPSA) is 80.2 Å². The van der Waals surface area contributed by atoms with Crippen molar-refractivity contribution in [3.63, 3.8) is 0 Å². The zero-order valence-electron chi connectivity index (χ0n) is 18.7. The van der Waals surface area contributed by atoms with Crippen LogP contribution in [0.2, 0.25) is 0 Å². The predicted octanol–water partition coefficient (Wildman–Crippen LogP) is 2.06. The van der Waals surface area contributed by atoms with E-state index in [4.69, 9.17) is 9.90 Å².